The zero-order valence-corrected chi connectivity index (χ0v) is 25.6. The Balaban J connectivity index is 1.40. The van der Waals surface area contributed by atoms with Crippen LogP contribution in [-0.4, -0.2) is 104 Å². The maximum Gasteiger partial charge on any atom is 0.307 e. The second kappa shape index (κ2) is 13.2. The van der Waals surface area contributed by atoms with Crippen LogP contribution in [0.4, 0.5) is 0 Å². The number of carbonyl (C=O) groups excluding carboxylic acids is 1. The SMILES string of the molecule is C=CCO[C@@H]1[C@H]2OC(C)(C)O[C@H]2O[C@@H]1CN[C@](CO)(CC(=O)OCC)[C@H]1O[C@@H]2OC(C)(C)O[C@@H]2[C@H]1OCc1ccccc1. The maximum absolute atomic E-state index is 13.0. The number of hydrogen-bond donors (Lipinski definition) is 2. The minimum absolute atomic E-state index is 0.162. The molecular weight excluding hydrogens is 562 g/mol. The van der Waals surface area contributed by atoms with Crippen molar-refractivity contribution < 1.29 is 52.5 Å². The molecule has 12 nitrogen and oxygen atoms in total. The van der Waals surface area contributed by atoms with Crippen molar-refractivity contribution >= 4 is 5.97 Å². The molecule has 12 heteroatoms. The van der Waals surface area contributed by atoms with Crippen LogP contribution < -0.4 is 5.32 Å². The van der Waals surface area contributed by atoms with E-state index in [1.54, 1.807) is 26.8 Å². The summed E-state index contributed by atoms with van der Waals surface area (Å²) in [5, 5.41) is 14.4. The molecule has 9 atom stereocenters. The van der Waals surface area contributed by atoms with Gasteiger partial charge in [-0.3, -0.25) is 4.79 Å². The molecule has 2 N–H and O–H groups in total. The predicted octanol–water partition coefficient (Wildman–Crippen LogP) is 2.17. The molecule has 1 aromatic rings. The molecule has 0 saturated carbocycles. The van der Waals surface area contributed by atoms with Gasteiger partial charge in [0.2, 0.25) is 0 Å². The van der Waals surface area contributed by atoms with Gasteiger partial charge >= 0.3 is 5.97 Å². The van der Waals surface area contributed by atoms with Gasteiger partial charge in [-0.1, -0.05) is 36.4 Å². The Morgan fingerprint density at radius 2 is 1.65 bits per heavy atom. The van der Waals surface area contributed by atoms with E-state index >= 15 is 0 Å². The van der Waals surface area contributed by atoms with Gasteiger partial charge in [-0.2, -0.15) is 0 Å². The fourth-order valence-corrected chi connectivity index (χ4v) is 6.20. The lowest BCUT2D eigenvalue weighted by Crippen LogP contribution is -2.64. The standard InChI is InChI=1S/C31H45NO11/c1-7-14-36-22-20(38-27-24(22)40-29(3,4)42-27)16-32-31(18-33,15-21(34)35-8-2)26-23(37-17-19-12-10-9-11-13-19)25-28(39-26)43-30(5,6)41-25/h7,9-13,20,22-28,32-33H,1,8,14-18H2,2-6H3/t20-,22+,23-,24-,25-,26+,27-,28-,31+/m1/s1. The molecule has 240 valence electrons. The van der Waals surface area contributed by atoms with E-state index in [1.807, 2.05) is 44.2 Å². The Labute approximate surface area is 252 Å². The summed E-state index contributed by atoms with van der Waals surface area (Å²) >= 11 is 0. The molecule has 5 rings (SSSR count). The Morgan fingerprint density at radius 1 is 1.00 bits per heavy atom. The third kappa shape index (κ3) is 7.14. The number of aliphatic hydroxyl groups is 1. The van der Waals surface area contributed by atoms with Crippen molar-refractivity contribution in [1.82, 2.24) is 5.32 Å². The molecule has 4 heterocycles. The highest BCUT2D eigenvalue weighted by molar-refractivity contribution is 5.71. The largest absolute Gasteiger partial charge is 0.466 e. The molecule has 0 unspecified atom stereocenters. The Morgan fingerprint density at radius 3 is 2.28 bits per heavy atom. The van der Waals surface area contributed by atoms with Crippen molar-refractivity contribution in [2.75, 3.05) is 26.4 Å². The molecule has 43 heavy (non-hydrogen) atoms. The van der Waals surface area contributed by atoms with E-state index < -0.39 is 78.9 Å². The zero-order valence-electron chi connectivity index (χ0n) is 25.6. The third-order valence-electron chi connectivity index (χ3n) is 8.02. The number of carbonyl (C=O) groups is 1. The molecule has 0 spiro atoms. The first kappa shape index (κ1) is 32.4. The number of nitrogens with one attached hydrogen (secondary N) is 1. The average molecular weight is 608 g/mol. The van der Waals surface area contributed by atoms with Crippen LogP contribution in [0.25, 0.3) is 0 Å². The van der Waals surface area contributed by atoms with Gasteiger partial charge in [0.15, 0.2) is 24.2 Å². The van der Waals surface area contributed by atoms with Gasteiger partial charge in [0.25, 0.3) is 0 Å². The summed E-state index contributed by atoms with van der Waals surface area (Å²) in [6.07, 6.45) is -3.66. The van der Waals surface area contributed by atoms with Crippen molar-refractivity contribution in [3.63, 3.8) is 0 Å². The first-order valence-electron chi connectivity index (χ1n) is 14.9. The van der Waals surface area contributed by atoms with Crippen LogP contribution in [0.15, 0.2) is 43.0 Å². The maximum atomic E-state index is 13.0. The van der Waals surface area contributed by atoms with E-state index in [0.717, 1.165) is 5.56 Å². The van der Waals surface area contributed by atoms with Gasteiger partial charge in [0.05, 0.1) is 38.4 Å². The summed E-state index contributed by atoms with van der Waals surface area (Å²) in [6, 6.07) is 9.70. The summed E-state index contributed by atoms with van der Waals surface area (Å²) in [5.41, 5.74) is -0.410. The topological polar surface area (TPSA) is 132 Å². The van der Waals surface area contributed by atoms with Gasteiger partial charge < -0.3 is 53.1 Å². The van der Waals surface area contributed by atoms with E-state index in [0.29, 0.717) is 0 Å². The zero-order chi connectivity index (χ0) is 30.8. The highest BCUT2D eigenvalue weighted by Gasteiger charge is 2.62. The second-order valence-corrected chi connectivity index (χ2v) is 12.2. The molecule has 0 aliphatic carbocycles. The number of esters is 1. The normalized spacial score (nSPS) is 35.3. The fourth-order valence-electron chi connectivity index (χ4n) is 6.20. The van der Waals surface area contributed by atoms with Crippen LogP contribution in [0, 0.1) is 0 Å². The van der Waals surface area contributed by atoms with Gasteiger partial charge in [-0.05, 0) is 40.2 Å². The van der Waals surface area contributed by atoms with Crippen LogP contribution in [0.3, 0.4) is 0 Å². The van der Waals surface area contributed by atoms with Gasteiger partial charge in [-0.25, -0.2) is 0 Å². The molecule has 0 radical (unpaired) electrons. The minimum Gasteiger partial charge on any atom is -0.466 e. The average Bonchev–Trinajstić information content (AvgIpc) is 3.64. The first-order chi connectivity index (χ1) is 20.5. The Hall–Kier alpha value is -1.97. The molecule has 4 aliphatic rings. The van der Waals surface area contributed by atoms with Crippen molar-refractivity contribution in [2.24, 2.45) is 0 Å². The molecule has 1 aromatic carbocycles. The molecule has 4 fully saturated rings. The number of benzene rings is 1. The molecule has 4 saturated heterocycles. The van der Waals surface area contributed by atoms with Crippen LogP contribution in [0.2, 0.25) is 0 Å². The number of fused-ring (bicyclic) bond motifs is 2. The van der Waals surface area contributed by atoms with E-state index in [9.17, 15) is 9.90 Å². The van der Waals surface area contributed by atoms with Crippen molar-refractivity contribution in [2.45, 2.75) is 114 Å². The van der Waals surface area contributed by atoms with Crippen molar-refractivity contribution in [3.05, 3.63) is 48.6 Å². The fraction of sp³-hybridized carbons (Fsp3) is 0.710. The summed E-state index contributed by atoms with van der Waals surface area (Å²) in [7, 11) is 0. The van der Waals surface area contributed by atoms with E-state index in [-0.39, 0.29) is 32.8 Å². The van der Waals surface area contributed by atoms with E-state index in [4.69, 9.17) is 42.6 Å². The van der Waals surface area contributed by atoms with E-state index in [1.165, 1.54) is 0 Å². The predicted molar refractivity (Wildman–Crippen MR) is 151 cm³/mol. The van der Waals surface area contributed by atoms with Crippen LogP contribution >= 0.6 is 0 Å². The van der Waals surface area contributed by atoms with Gasteiger partial charge in [-0.15, -0.1) is 6.58 Å². The first-order valence-corrected chi connectivity index (χ1v) is 14.9. The van der Waals surface area contributed by atoms with Crippen molar-refractivity contribution in [3.8, 4) is 0 Å². The number of rotatable bonds is 14. The van der Waals surface area contributed by atoms with E-state index in [2.05, 4.69) is 11.9 Å². The monoisotopic (exact) mass is 607 g/mol. The summed E-state index contributed by atoms with van der Waals surface area (Å²) in [4.78, 5) is 13.0. The van der Waals surface area contributed by atoms with Gasteiger partial charge in [0, 0.05) is 6.54 Å². The van der Waals surface area contributed by atoms with Gasteiger partial charge in [0.1, 0.15) is 36.6 Å². The number of aliphatic hydroxyl groups excluding tert-OH is 1. The summed E-state index contributed by atoms with van der Waals surface area (Å²) < 4.78 is 54.8. The number of ether oxygens (including phenoxy) is 9. The third-order valence-corrected chi connectivity index (χ3v) is 8.02. The molecule has 4 aliphatic heterocycles. The molecule has 0 bridgehead atoms. The molecular formula is C31H45NO11. The van der Waals surface area contributed by atoms with Crippen LogP contribution in [-0.2, 0) is 54.0 Å². The second-order valence-electron chi connectivity index (χ2n) is 12.2. The van der Waals surface area contributed by atoms with Crippen LogP contribution in [0.5, 0.6) is 0 Å². The molecule has 0 aromatic heterocycles. The summed E-state index contributed by atoms with van der Waals surface area (Å²) in [6.45, 7) is 13.1. The molecule has 0 amide bonds. The minimum atomic E-state index is -1.36. The number of hydrogen-bond acceptors (Lipinski definition) is 12. The highest BCUT2D eigenvalue weighted by Crippen LogP contribution is 2.44. The Kier molecular flexibility index (Phi) is 9.94. The lowest BCUT2D eigenvalue weighted by Gasteiger charge is -2.41. The lowest BCUT2D eigenvalue weighted by molar-refractivity contribution is -0.233. The Bertz CT molecular complexity index is 1100. The quantitative estimate of drug-likeness (QED) is 0.237. The smallest absolute Gasteiger partial charge is 0.307 e. The van der Waals surface area contributed by atoms with Crippen LogP contribution in [0.1, 0.15) is 46.6 Å². The van der Waals surface area contributed by atoms with Crippen molar-refractivity contribution in [1.29, 1.82) is 0 Å². The highest BCUT2D eigenvalue weighted by atomic mass is 16.9. The summed E-state index contributed by atoms with van der Waals surface area (Å²) in [5.74, 6) is -2.23. The lowest BCUT2D eigenvalue weighted by atomic mass is 9.85.